The zero-order chi connectivity index (χ0) is 17.7. The topological polar surface area (TPSA) is 72.7 Å². The van der Waals surface area contributed by atoms with Gasteiger partial charge in [-0.3, -0.25) is 9.78 Å². The van der Waals surface area contributed by atoms with Gasteiger partial charge in [0.05, 0.1) is 15.9 Å². The highest BCUT2D eigenvalue weighted by Crippen LogP contribution is 2.40. The summed E-state index contributed by atoms with van der Waals surface area (Å²) in [4.78, 5) is 21.2. The largest absolute Gasteiger partial charge is 0.310 e. The molecule has 1 amide bonds. The van der Waals surface area contributed by atoms with Gasteiger partial charge in [0, 0.05) is 30.3 Å². The van der Waals surface area contributed by atoms with Crippen molar-refractivity contribution >= 4 is 33.3 Å². The summed E-state index contributed by atoms with van der Waals surface area (Å²) in [6.45, 7) is 1.98. The molecule has 1 aliphatic heterocycles. The van der Waals surface area contributed by atoms with Gasteiger partial charge in [-0.05, 0) is 36.8 Å². The molecule has 1 aliphatic rings. The second-order valence-corrected chi connectivity index (χ2v) is 7.32. The fourth-order valence-corrected chi connectivity index (χ4v) is 4.44. The van der Waals surface area contributed by atoms with E-state index in [0.29, 0.717) is 6.42 Å². The molecule has 1 N–H and O–H groups in total. The van der Waals surface area contributed by atoms with Crippen molar-refractivity contribution in [2.24, 2.45) is 0 Å². The van der Waals surface area contributed by atoms with E-state index in [-0.39, 0.29) is 11.8 Å². The van der Waals surface area contributed by atoms with Crippen molar-refractivity contribution in [3.63, 3.8) is 0 Å². The number of aromatic nitrogens is 4. The Morgan fingerprint density at radius 2 is 2.00 bits per heavy atom. The zero-order valence-corrected chi connectivity index (χ0v) is 14.8. The second-order valence-electron chi connectivity index (χ2n) is 6.31. The fraction of sp³-hybridized carbons (Fsp3) is 0.158. The number of anilines is 1. The van der Waals surface area contributed by atoms with Crippen molar-refractivity contribution in [3.8, 4) is 5.13 Å². The Hall–Kier alpha value is -3.06. The SMILES string of the molecule is Cc1nn(-c2nc3ccccc3s2)c2c1[C@H](c1ccncc1)CC(=O)N2. The Morgan fingerprint density at radius 3 is 2.81 bits per heavy atom. The summed E-state index contributed by atoms with van der Waals surface area (Å²) in [6, 6.07) is 11.9. The van der Waals surface area contributed by atoms with E-state index < -0.39 is 0 Å². The van der Waals surface area contributed by atoms with E-state index in [1.807, 2.05) is 43.3 Å². The number of carbonyl (C=O) groups is 1. The highest BCUT2D eigenvalue weighted by Gasteiger charge is 2.33. The summed E-state index contributed by atoms with van der Waals surface area (Å²) in [7, 11) is 0. The van der Waals surface area contributed by atoms with E-state index in [9.17, 15) is 4.79 Å². The molecule has 26 heavy (non-hydrogen) atoms. The first kappa shape index (κ1) is 15.2. The molecule has 0 saturated carbocycles. The van der Waals surface area contributed by atoms with Crippen LogP contribution in [0.1, 0.15) is 29.2 Å². The average molecular weight is 361 g/mol. The van der Waals surface area contributed by atoms with Gasteiger partial charge in [-0.1, -0.05) is 23.5 Å². The van der Waals surface area contributed by atoms with Gasteiger partial charge in [-0.2, -0.15) is 9.78 Å². The molecule has 128 valence electrons. The van der Waals surface area contributed by atoms with Crippen molar-refractivity contribution in [3.05, 3.63) is 65.6 Å². The van der Waals surface area contributed by atoms with E-state index in [2.05, 4.69) is 15.3 Å². The molecule has 1 aromatic carbocycles. The maximum atomic E-state index is 12.4. The van der Waals surface area contributed by atoms with Gasteiger partial charge in [0.15, 0.2) is 0 Å². The third kappa shape index (κ3) is 2.32. The smallest absolute Gasteiger partial charge is 0.226 e. The summed E-state index contributed by atoms with van der Waals surface area (Å²) in [5.74, 6) is 0.686. The normalized spacial score (nSPS) is 16.5. The van der Waals surface area contributed by atoms with Crippen LogP contribution in [0.15, 0.2) is 48.8 Å². The Balaban J connectivity index is 1.69. The van der Waals surface area contributed by atoms with Crippen LogP contribution in [0.25, 0.3) is 15.3 Å². The molecule has 0 fully saturated rings. The Morgan fingerprint density at radius 1 is 1.19 bits per heavy atom. The molecular weight excluding hydrogens is 346 g/mol. The molecule has 1 atom stereocenters. The summed E-state index contributed by atoms with van der Waals surface area (Å²) in [5.41, 5.74) is 3.96. The van der Waals surface area contributed by atoms with Gasteiger partial charge < -0.3 is 5.32 Å². The number of thiazole rings is 1. The summed E-state index contributed by atoms with van der Waals surface area (Å²) in [5, 5.41) is 8.46. The minimum Gasteiger partial charge on any atom is -0.310 e. The quantitative estimate of drug-likeness (QED) is 0.591. The monoisotopic (exact) mass is 361 g/mol. The first-order valence-corrected chi connectivity index (χ1v) is 9.17. The van der Waals surface area contributed by atoms with Crippen molar-refractivity contribution in [1.82, 2.24) is 19.7 Å². The van der Waals surface area contributed by atoms with Crippen molar-refractivity contribution in [2.45, 2.75) is 19.3 Å². The van der Waals surface area contributed by atoms with Crippen LogP contribution in [0.5, 0.6) is 0 Å². The van der Waals surface area contributed by atoms with Crippen LogP contribution in [0.3, 0.4) is 0 Å². The summed E-state index contributed by atoms with van der Waals surface area (Å²) < 4.78 is 2.86. The van der Waals surface area contributed by atoms with Crippen molar-refractivity contribution < 1.29 is 4.79 Å². The number of amides is 1. The van der Waals surface area contributed by atoms with Gasteiger partial charge in [0.2, 0.25) is 11.0 Å². The maximum absolute atomic E-state index is 12.4. The highest BCUT2D eigenvalue weighted by atomic mass is 32.1. The molecular formula is C19H15N5OS. The van der Waals surface area contributed by atoms with Gasteiger partial charge in [-0.15, -0.1) is 0 Å². The standard InChI is InChI=1S/C19H15N5OS/c1-11-17-13(12-6-8-20-9-7-12)10-16(25)22-18(17)24(23-11)19-21-14-4-2-3-5-15(14)26-19/h2-9,13H,10H2,1H3,(H,22,25)/t13-/m0/s1. The van der Waals surface area contributed by atoms with E-state index in [1.165, 1.54) is 0 Å². The number of nitrogens with one attached hydrogen (secondary N) is 1. The Labute approximate surface area is 153 Å². The number of nitrogens with zero attached hydrogens (tertiary/aromatic N) is 4. The molecule has 4 aromatic rings. The van der Waals surface area contributed by atoms with Crippen LogP contribution in [0.2, 0.25) is 0 Å². The minimum atomic E-state index is -0.0233. The van der Waals surface area contributed by atoms with Crippen LogP contribution in [-0.2, 0) is 4.79 Å². The second kappa shape index (κ2) is 5.74. The summed E-state index contributed by atoms with van der Waals surface area (Å²) in [6.07, 6.45) is 3.92. The zero-order valence-electron chi connectivity index (χ0n) is 14.0. The van der Waals surface area contributed by atoms with Crippen LogP contribution >= 0.6 is 11.3 Å². The van der Waals surface area contributed by atoms with Crippen molar-refractivity contribution in [2.75, 3.05) is 5.32 Å². The lowest BCUT2D eigenvalue weighted by Gasteiger charge is -2.23. The number of fused-ring (bicyclic) bond motifs is 2. The molecule has 6 nitrogen and oxygen atoms in total. The number of hydrogen-bond acceptors (Lipinski definition) is 5. The number of benzene rings is 1. The van der Waals surface area contributed by atoms with Gasteiger partial charge in [0.25, 0.3) is 0 Å². The van der Waals surface area contributed by atoms with Gasteiger partial charge in [-0.25, -0.2) is 4.98 Å². The lowest BCUT2D eigenvalue weighted by molar-refractivity contribution is -0.116. The number of rotatable bonds is 2. The highest BCUT2D eigenvalue weighted by molar-refractivity contribution is 7.20. The molecule has 0 bridgehead atoms. The average Bonchev–Trinajstić information content (AvgIpc) is 3.23. The van der Waals surface area contributed by atoms with Gasteiger partial charge in [0.1, 0.15) is 5.82 Å². The van der Waals surface area contributed by atoms with E-state index in [4.69, 9.17) is 5.10 Å². The number of hydrogen-bond donors (Lipinski definition) is 1. The molecule has 0 aliphatic carbocycles. The Bertz CT molecular complexity index is 1100. The van der Waals surface area contributed by atoms with E-state index in [0.717, 1.165) is 38.0 Å². The number of carbonyl (C=O) groups excluding carboxylic acids is 1. The molecule has 3 aromatic heterocycles. The molecule has 0 radical (unpaired) electrons. The van der Waals surface area contributed by atoms with Crippen LogP contribution < -0.4 is 5.32 Å². The first-order chi connectivity index (χ1) is 12.7. The molecule has 0 spiro atoms. The third-order valence-corrected chi connectivity index (χ3v) is 5.69. The molecule has 0 unspecified atom stereocenters. The number of pyridine rings is 1. The molecule has 0 saturated heterocycles. The van der Waals surface area contributed by atoms with Crippen LogP contribution in [0, 0.1) is 6.92 Å². The van der Waals surface area contributed by atoms with Crippen LogP contribution in [0.4, 0.5) is 5.82 Å². The predicted octanol–water partition coefficient (Wildman–Crippen LogP) is 3.66. The van der Waals surface area contributed by atoms with E-state index >= 15 is 0 Å². The number of para-hydroxylation sites is 1. The minimum absolute atomic E-state index is 0.0124. The first-order valence-electron chi connectivity index (χ1n) is 8.36. The third-order valence-electron chi connectivity index (χ3n) is 4.67. The fourth-order valence-electron chi connectivity index (χ4n) is 3.52. The van der Waals surface area contributed by atoms with E-state index in [1.54, 1.807) is 28.4 Å². The van der Waals surface area contributed by atoms with Crippen molar-refractivity contribution in [1.29, 1.82) is 0 Å². The number of aryl methyl sites for hydroxylation is 1. The molecule has 4 heterocycles. The lowest BCUT2D eigenvalue weighted by Crippen LogP contribution is -2.24. The lowest BCUT2D eigenvalue weighted by atomic mass is 9.86. The van der Waals surface area contributed by atoms with Gasteiger partial charge >= 0.3 is 0 Å². The molecule has 5 rings (SSSR count). The maximum Gasteiger partial charge on any atom is 0.226 e. The molecule has 7 heteroatoms. The summed E-state index contributed by atoms with van der Waals surface area (Å²) >= 11 is 1.56. The Kier molecular flexibility index (Phi) is 3.36. The van der Waals surface area contributed by atoms with Crippen LogP contribution in [-0.4, -0.2) is 25.7 Å². The predicted molar refractivity (Wildman–Crippen MR) is 101 cm³/mol.